The maximum atomic E-state index is 12.9. The van der Waals surface area contributed by atoms with E-state index in [2.05, 4.69) is 52.9 Å². The van der Waals surface area contributed by atoms with Crippen LogP contribution in [0, 0.1) is 6.92 Å². The first-order valence-corrected chi connectivity index (χ1v) is 14.2. The zero-order valence-corrected chi connectivity index (χ0v) is 24.8. The van der Waals surface area contributed by atoms with Gasteiger partial charge in [0.25, 0.3) is 5.91 Å². The van der Waals surface area contributed by atoms with Gasteiger partial charge in [0, 0.05) is 27.5 Å². The Morgan fingerprint density at radius 2 is 1.72 bits per heavy atom. The molecule has 43 heavy (non-hydrogen) atoms. The van der Waals surface area contributed by atoms with Crippen LogP contribution in [0.3, 0.4) is 0 Å². The first-order chi connectivity index (χ1) is 21.0. The van der Waals surface area contributed by atoms with Crippen LogP contribution in [0.15, 0.2) is 121 Å². The Morgan fingerprint density at radius 3 is 2.42 bits per heavy atom. The molecule has 0 aliphatic heterocycles. The van der Waals surface area contributed by atoms with Gasteiger partial charge < -0.3 is 14.0 Å². The van der Waals surface area contributed by atoms with Gasteiger partial charge in [0.2, 0.25) is 0 Å². The Labute approximate surface area is 256 Å². The number of allylic oxidation sites excluding steroid dienone is 1. The monoisotopic (exact) mass is 589 g/mol. The third-order valence-electron chi connectivity index (χ3n) is 6.95. The minimum Gasteiger partial charge on any atom is -0.493 e. The molecular formula is C36H32ClN3O3. The molecule has 0 aliphatic carbocycles. The molecule has 0 unspecified atom stereocenters. The molecule has 0 atom stereocenters. The molecule has 0 saturated carbocycles. The first kappa shape index (κ1) is 29.4. The molecule has 6 nitrogen and oxygen atoms in total. The number of methoxy groups -OCH3 is 1. The van der Waals surface area contributed by atoms with Gasteiger partial charge in [-0.25, -0.2) is 5.43 Å². The van der Waals surface area contributed by atoms with Gasteiger partial charge in [-0.05, 0) is 90.7 Å². The largest absolute Gasteiger partial charge is 0.493 e. The Kier molecular flexibility index (Phi) is 9.39. The summed E-state index contributed by atoms with van der Waals surface area (Å²) in [5, 5.41) is 4.87. The number of carbonyl (C=O) groups is 1. The fraction of sp³-hybridized carbons (Fsp3) is 0.111. The molecule has 0 spiro atoms. The molecule has 5 aromatic rings. The first-order valence-electron chi connectivity index (χ1n) is 13.8. The van der Waals surface area contributed by atoms with E-state index in [-0.39, 0.29) is 5.91 Å². The summed E-state index contributed by atoms with van der Waals surface area (Å²) in [6.45, 7) is 6.30. The van der Waals surface area contributed by atoms with Crippen molar-refractivity contribution in [3.63, 3.8) is 0 Å². The van der Waals surface area contributed by atoms with E-state index in [1.165, 1.54) is 0 Å². The molecule has 216 valence electrons. The molecular weight excluding hydrogens is 558 g/mol. The van der Waals surface area contributed by atoms with E-state index in [4.69, 9.17) is 21.1 Å². The van der Waals surface area contributed by atoms with Gasteiger partial charge in [0.15, 0.2) is 11.5 Å². The number of aryl methyl sites for hydroxylation is 1. The van der Waals surface area contributed by atoms with Gasteiger partial charge >= 0.3 is 0 Å². The topological polar surface area (TPSA) is 64.9 Å². The Balaban J connectivity index is 1.28. The number of aromatic nitrogens is 1. The number of hydrazone groups is 1. The smallest absolute Gasteiger partial charge is 0.271 e. The second kappa shape index (κ2) is 13.7. The highest BCUT2D eigenvalue weighted by atomic mass is 35.5. The Morgan fingerprint density at radius 1 is 0.977 bits per heavy atom. The molecule has 0 fully saturated rings. The van der Waals surface area contributed by atoms with Gasteiger partial charge in [0.1, 0.15) is 6.61 Å². The Hall–Kier alpha value is -5.07. The number of nitrogens with zero attached hydrogens (tertiary/aromatic N) is 2. The number of ether oxygens (including phenoxy) is 2. The highest BCUT2D eigenvalue weighted by molar-refractivity contribution is 6.30. The average Bonchev–Trinajstić information content (AvgIpc) is 3.42. The third-order valence-corrected chi connectivity index (χ3v) is 7.20. The molecule has 1 aromatic heterocycles. The van der Waals surface area contributed by atoms with Crippen LogP contribution in [-0.4, -0.2) is 23.8 Å². The van der Waals surface area contributed by atoms with E-state index in [1.807, 2.05) is 66.7 Å². The van der Waals surface area contributed by atoms with Crippen molar-refractivity contribution in [2.75, 3.05) is 7.11 Å². The van der Waals surface area contributed by atoms with Crippen LogP contribution in [0.25, 0.3) is 16.9 Å². The summed E-state index contributed by atoms with van der Waals surface area (Å²) >= 11 is 6.00. The van der Waals surface area contributed by atoms with Crippen LogP contribution in [0.5, 0.6) is 11.5 Å². The molecule has 5 rings (SSSR count). The van der Waals surface area contributed by atoms with E-state index in [0.717, 1.165) is 39.3 Å². The van der Waals surface area contributed by atoms with Crippen LogP contribution < -0.4 is 14.9 Å². The van der Waals surface area contributed by atoms with Crippen molar-refractivity contribution in [3.05, 3.63) is 149 Å². The molecule has 1 amide bonds. The lowest BCUT2D eigenvalue weighted by atomic mass is 10.1. The zero-order valence-electron chi connectivity index (χ0n) is 24.1. The van der Waals surface area contributed by atoms with Crippen molar-refractivity contribution in [2.45, 2.75) is 20.0 Å². The van der Waals surface area contributed by atoms with E-state index in [1.54, 1.807) is 31.5 Å². The summed E-state index contributed by atoms with van der Waals surface area (Å²) in [5.41, 5.74) is 10.0. The second-order valence-electron chi connectivity index (χ2n) is 9.93. The highest BCUT2D eigenvalue weighted by Gasteiger charge is 2.14. The van der Waals surface area contributed by atoms with Gasteiger partial charge in [-0.1, -0.05) is 60.1 Å². The molecule has 0 aliphatic rings. The predicted octanol–water partition coefficient (Wildman–Crippen LogP) is 8.19. The van der Waals surface area contributed by atoms with Crippen molar-refractivity contribution >= 4 is 23.7 Å². The number of hydrogen-bond donors (Lipinski definition) is 1. The van der Waals surface area contributed by atoms with E-state index >= 15 is 0 Å². The van der Waals surface area contributed by atoms with Crippen molar-refractivity contribution in [1.29, 1.82) is 0 Å². The molecule has 4 aromatic carbocycles. The summed E-state index contributed by atoms with van der Waals surface area (Å²) < 4.78 is 13.9. The summed E-state index contributed by atoms with van der Waals surface area (Å²) in [5.74, 6) is 0.885. The maximum absolute atomic E-state index is 12.9. The number of nitrogens with one attached hydrogen (secondary N) is 1. The number of hydrogen-bond acceptors (Lipinski definition) is 4. The predicted molar refractivity (Wildman–Crippen MR) is 174 cm³/mol. The van der Waals surface area contributed by atoms with Gasteiger partial charge in [-0.3, -0.25) is 4.79 Å². The van der Waals surface area contributed by atoms with Crippen molar-refractivity contribution in [2.24, 2.45) is 5.10 Å². The molecule has 7 heteroatoms. The van der Waals surface area contributed by atoms with Gasteiger partial charge in [-0.15, -0.1) is 6.58 Å². The fourth-order valence-corrected chi connectivity index (χ4v) is 4.95. The normalized spacial score (nSPS) is 11.0. The molecule has 1 heterocycles. The number of carbonyl (C=O) groups excluding carboxylic acids is 1. The van der Waals surface area contributed by atoms with E-state index in [0.29, 0.717) is 35.1 Å². The van der Waals surface area contributed by atoms with Crippen molar-refractivity contribution < 1.29 is 14.3 Å². The number of halogens is 1. The van der Waals surface area contributed by atoms with Crippen LogP contribution in [0.1, 0.15) is 32.7 Å². The number of amides is 1. The summed E-state index contributed by atoms with van der Waals surface area (Å²) in [7, 11) is 1.59. The molecule has 1 N–H and O–H groups in total. The summed E-state index contributed by atoms with van der Waals surface area (Å²) in [6, 6.07) is 33.1. The zero-order chi connectivity index (χ0) is 30.2. The maximum Gasteiger partial charge on any atom is 0.271 e. The van der Waals surface area contributed by atoms with E-state index < -0.39 is 0 Å². The second-order valence-corrected chi connectivity index (χ2v) is 10.4. The lowest BCUT2D eigenvalue weighted by Crippen LogP contribution is -2.17. The highest BCUT2D eigenvalue weighted by Crippen LogP contribution is 2.34. The Bertz CT molecular complexity index is 1740. The van der Waals surface area contributed by atoms with Crippen LogP contribution in [0.2, 0.25) is 5.02 Å². The van der Waals surface area contributed by atoms with Crippen molar-refractivity contribution in [1.82, 2.24) is 9.99 Å². The third kappa shape index (κ3) is 7.05. The lowest BCUT2D eigenvalue weighted by Gasteiger charge is -2.16. The quantitative estimate of drug-likeness (QED) is 0.0959. The van der Waals surface area contributed by atoms with Crippen molar-refractivity contribution in [3.8, 4) is 28.4 Å². The van der Waals surface area contributed by atoms with Gasteiger partial charge in [0.05, 0.1) is 19.0 Å². The molecule has 0 radical (unpaired) electrons. The minimum absolute atomic E-state index is 0.309. The van der Waals surface area contributed by atoms with E-state index in [9.17, 15) is 4.79 Å². The lowest BCUT2D eigenvalue weighted by molar-refractivity contribution is 0.0955. The number of rotatable bonds is 11. The standard InChI is InChI=1S/C36H32ClN3O3/c1-4-8-30-21-27(22-34(42-3)35(30)43-24-26-12-16-31(37)17-13-26)23-38-39-36(41)29-14-18-32(19-15-29)40-25(2)11-20-33(40)28-9-6-5-7-10-28/h4-7,9-23H,1,8,24H2,2-3H3,(H,39,41)/b38-23+. The van der Waals surface area contributed by atoms with Crippen LogP contribution in [-0.2, 0) is 13.0 Å². The minimum atomic E-state index is -0.309. The fourth-order valence-electron chi connectivity index (χ4n) is 4.82. The average molecular weight is 590 g/mol. The number of benzene rings is 4. The summed E-state index contributed by atoms with van der Waals surface area (Å²) in [6.07, 6.45) is 3.95. The van der Waals surface area contributed by atoms with Crippen LogP contribution >= 0.6 is 11.6 Å². The van der Waals surface area contributed by atoms with Crippen LogP contribution in [0.4, 0.5) is 0 Å². The summed E-state index contributed by atoms with van der Waals surface area (Å²) in [4.78, 5) is 12.9. The molecule has 0 bridgehead atoms. The SMILES string of the molecule is C=CCc1cc(/C=N/NC(=O)c2ccc(-n3c(C)ccc3-c3ccccc3)cc2)cc(OC)c1OCc1ccc(Cl)cc1. The van der Waals surface area contributed by atoms with Gasteiger partial charge in [-0.2, -0.15) is 5.10 Å². The molecule has 0 saturated heterocycles.